The highest BCUT2D eigenvalue weighted by molar-refractivity contribution is 7.89. The normalized spacial score (nSPS) is 15.5. The third kappa shape index (κ3) is 3.55. The second kappa shape index (κ2) is 5.66. The van der Waals surface area contributed by atoms with Crippen molar-refractivity contribution in [3.63, 3.8) is 0 Å². The fourth-order valence-electron chi connectivity index (χ4n) is 1.91. The summed E-state index contributed by atoms with van der Waals surface area (Å²) in [6.07, 6.45) is 0.597. The molecule has 1 aliphatic rings. The minimum atomic E-state index is -4.13. The maximum atomic E-state index is 13.0. The summed E-state index contributed by atoms with van der Waals surface area (Å²) >= 11 is 0. The lowest BCUT2D eigenvalue weighted by Gasteiger charge is -2.18. The van der Waals surface area contributed by atoms with Gasteiger partial charge >= 0.3 is 0 Å². The van der Waals surface area contributed by atoms with E-state index in [-0.39, 0.29) is 16.4 Å². The average Bonchev–Trinajstić information content (AvgIpc) is 2.46. The van der Waals surface area contributed by atoms with E-state index in [2.05, 4.69) is 5.32 Å². The van der Waals surface area contributed by atoms with E-state index in [1.807, 2.05) is 0 Å². The smallest absolute Gasteiger partial charge is 0.273 e. The molecule has 1 amide bonds. The van der Waals surface area contributed by atoms with E-state index >= 15 is 0 Å². The molecule has 6 nitrogen and oxygen atoms in total. The number of amides is 1. The number of carbonyl (C=O) groups is 1. The van der Waals surface area contributed by atoms with Crippen molar-refractivity contribution in [2.24, 2.45) is 5.73 Å². The van der Waals surface area contributed by atoms with Crippen molar-refractivity contribution in [1.29, 1.82) is 0 Å². The van der Waals surface area contributed by atoms with E-state index in [0.717, 1.165) is 5.56 Å². The fraction of sp³-hybridized carbons (Fsp3) is 0.417. The summed E-state index contributed by atoms with van der Waals surface area (Å²) in [7, 11) is -4.13. The number of sulfonamides is 1. The molecule has 9 heteroatoms. The number of hydrogen-bond acceptors (Lipinski definition) is 4. The number of rotatable bonds is 5. The first-order valence-corrected chi connectivity index (χ1v) is 7.72. The summed E-state index contributed by atoms with van der Waals surface area (Å²) in [6, 6.07) is 4.00. The van der Waals surface area contributed by atoms with Gasteiger partial charge in [0.15, 0.2) is 0 Å². The van der Waals surface area contributed by atoms with Gasteiger partial charge in [0, 0.05) is 12.1 Å². The van der Waals surface area contributed by atoms with Crippen LogP contribution in [-0.2, 0) is 16.4 Å². The summed E-state index contributed by atoms with van der Waals surface area (Å²) in [5.74, 6) is -3.70. The largest absolute Gasteiger partial charge is 0.352 e. The van der Waals surface area contributed by atoms with E-state index in [4.69, 9.17) is 5.73 Å². The number of halogens is 2. The SMILES string of the molecule is NCC(F)(F)CNS(=O)(=O)c1ccc2c(c1)C(=O)NCC2. The molecule has 0 atom stereocenters. The van der Waals surface area contributed by atoms with Crippen molar-refractivity contribution in [1.82, 2.24) is 10.0 Å². The topological polar surface area (TPSA) is 101 Å². The van der Waals surface area contributed by atoms with Gasteiger partial charge in [-0.05, 0) is 24.1 Å². The Kier molecular flexibility index (Phi) is 4.26. The zero-order chi connectivity index (χ0) is 15.7. The standard InChI is InChI=1S/C12H15F2N3O3S/c13-12(14,6-15)7-17-21(19,20)9-2-1-8-3-4-16-11(18)10(8)5-9/h1-2,5,17H,3-4,6-7,15H2,(H,16,18). The molecule has 116 valence electrons. The molecule has 0 bridgehead atoms. The molecular formula is C12H15F2N3O3S. The summed E-state index contributed by atoms with van der Waals surface area (Å²) in [5.41, 5.74) is 5.82. The summed E-state index contributed by atoms with van der Waals surface area (Å²) < 4.78 is 51.8. The van der Waals surface area contributed by atoms with Crippen LogP contribution >= 0.6 is 0 Å². The van der Waals surface area contributed by atoms with Gasteiger partial charge in [0.25, 0.3) is 11.8 Å². The van der Waals surface area contributed by atoms with Crippen molar-refractivity contribution in [3.05, 3.63) is 29.3 Å². The van der Waals surface area contributed by atoms with Crippen molar-refractivity contribution in [2.45, 2.75) is 17.2 Å². The highest BCUT2D eigenvalue weighted by Gasteiger charge is 2.30. The van der Waals surface area contributed by atoms with Crippen LogP contribution in [0.15, 0.2) is 23.1 Å². The molecule has 1 aliphatic heterocycles. The monoisotopic (exact) mass is 319 g/mol. The number of nitrogens with two attached hydrogens (primary N) is 1. The Labute approximate surface area is 120 Å². The van der Waals surface area contributed by atoms with Crippen LogP contribution in [0, 0.1) is 0 Å². The molecule has 21 heavy (non-hydrogen) atoms. The quantitative estimate of drug-likeness (QED) is 0.702. The Morgan fingerprint density at radius 1 is 1.38 bits per heavy atom. The predicted octanol–water partition coefficient (Wildman–Crippen LogP) is -0.155. The van der Waals surface area contributed by atoms with Crippen LogP contribution < -0.4 is 15.8 Å². The van der Waals surface area contributed by atoms with Crippen LogP contribution in [0.5, 0.6) is 0 Å². The number of fused-ring (bicyclic) bond motifs is 1. The first-order valence-electron chi connectivity index (χ1n) is 6.24. The predicted molar refractivity (Wildman–Crippen MR) is 71.7 cm³/mol. The van der Waals surface area contributed by atoms with Crippen molar-refractivity contribution in [3.8, 4) is 0 Å². The van der Waals surface area contributed by atoms with Crippen molar-refractivity contribution < 1.29 is 22.0 Å². The third-order valence-electron chi connectivity index (χ3n) is 3.14. The molecule has 0 saturated carbocycles. The molecule has 1 aromatic carbocycles. The van der Waals surface area contributed by atoms with Crippen LogP contribution in [0.25, 0.3) is 0 Å². The Morgan fingerprint density at radius 3 is 2.76 bits per heavy atom. The third-order valence-corrected chi connectivity index (χ3v) is 4.53. The van der Waals surface area contributed by atoms with E-state index in [1.165, 1.54) is 18.2 Å². The number of hydrogen-bond donors (Lipinski definition) is 3. The van der Waals surface area contributed by atoms with Crippen LogP contribution in [-0.4, -0.2) is 39.9 Å². The molecule has 0 saturated heterocycles. The molecule has 0 aliphatic carbocycles. The Bertz CT molecular complexity index is 662. The van der Waals surface area contributed by atoms with Gasteiger partial charge in [0.2, 0.25) is 10.0 Å². The van der Waals surface area contributed by atoms with Crippen molar-refractivity contribution >= 4 is 15.9 Å². The van der Waals surface area contributed by atoms with E-state index in [1.54, 1.807) is 4.72 Å². The van der Waals surface area contributed by atoms with Crippen molar-refractivity contribution in [2.75, 3.05) is 19.6 Å². The molecule has 2 rings (SSSR count). The fourth-order valence-corrected chi connectivity index (χ4v) is 3.00. The zero-order valence-electron chi connectivity index (χ0n) is 11.0. The highest BCUT2D eigenvalue weighted by Crippen LogP contribution is 2.19. The second-order valence-corrected chi connectivity index (χ2v) is 6.48. The lowest BCUT2D eigenvalue weighted by atomic mass is 10.0. The minimum absolute atomic E-state index is 0.230. The Hall–Kier alpha value is -1.58. The number of carbonyl (C=O) groups excluding carboxylic acids is 1. The van der Waals surface area contributed by atoms with Crippen LogP contribution in [0.1, 0.15) is 15.9 Å². The molecule has 0 radical (unpaired) electrons. The molecule has 1 heterocycles. The van der Waals surface area contributed by atoms with Gasteiger partial charge < -0.3 is 11.1 Å². The van der Waals surface area contributed by atoms with E-state index in [9.17, 15) is 22.0 Å². The molecular weight excluding hydrogens is 304 g/mol. The van der Waals surface area contributed by atoms with Gasteiger partial charge in [-0.2, -0.15) is 0 Å². The Balaban J connectivity index is 2.25. The van der Waals surface area contributed by atoms with Crippen LogP contribution in [0.3, 0.4) is 0 Å². The second-order valence-electron chi connectivity index (χ2n) is 4.71. The molecule has 1 aromatic rings. The Morgan fingerprint density at radius 2 is 2.10 bits per heavy atom. The van der Waals surface area contributed by atoms with Gasteiger partial charge in [0.1, 0.15) is 0 Å². The van der Waals surface area contributed by atoms with Gasteiger partial charge in [-0.25, -0.2) is 21.9 Å². The number of benzene rings is 1. The average molecular weight is 319 g/mol. The minimum Gasteiger partial charge on any atom is -0.352 e. The summed E-state index contributed by atoms with van der Waals surface area (Å²) in [4.78, 5) is 11.4. The van der Waals surface area contributed by atoms with E-state index < -0.39 is 29.0 Å². The number of alkyl halides is 2. The maximum absolute atomic E-state index is 13.0. The maximum Gasteiger partial charge on any atom is 0.273 e. The molecule has 0 unspecified atom stereocenters. The van der Waals surface area contributed by atoms with E-state index in [0.29, 0.717) is 13.0 Å². The van der Waals surface area contributed by atoms with Crippen LogP contribution in [0.2, 0.25) is 0 Å². The first-order chi connectivity index (χ1) is 9.75. The highest BCUT2D eigenvalue weighted by atomic mass is 32.2. The molecule has 0 fully saturated rings. The lowest BCUT2D eigenvalue weighted by Crippen LogP contribution is -2.41. The number of nitrogens with one attached hydrogen (secondary N) is 2. The summed E-state index contributed by atoms with van der Waals surface area (Å²) in [5, 5.41) is 2.59. The van der Waals surface area contributed by atoms with Crippen LogP contribution in [0.4, 0.5) is 8.78 Å². The van der Waals surface area contributed by atoms with Gasteiger partial charge in [-0.15, -0.1) is 0 Å². The van der Waals surface area contributed by atoms with Gasteiger partial charge in [-0.1, -0.05) is 6.07 Å². The van der Waals surface area contributed by atoms with Gasteiger partial charge in [-0.3, -0.25) is 4.79 Å². The lowest BCUT2D eigenvalue weighted by molar-refractivity contribution is 0.0170. The zero-order valence-corrected chi connectivity index (χ0v) is 11.8. The molecule has 0 spiro atoms. The first kappa shape index (κ1) is 15.8. The molecule has 4 N–H and O–H groups in total. The molecule has 0 aromatic heterocycles. The van der Waals surface area contributed by atoms with Gasteiger partial charge in [0.05, 0.1) is 18.0 Å². The summed E-state index contributed by atoms with van der Waals surface area (Å²) in [6.45, 7) is -1.56.